The van der Waals surface area contributed by atoms with E-state index in [9.17, 15) is 9.59 Å². The molecule has 1 aliphatic heterocycles. The average molecular weight is 439 g/mol. The van der Waals surface area contributed by atoms with Crippen LogP contribution in [0.5, 0.6) is 5.75 Å². The summed E-state index contributed by atoms with van der Waals surface area (Å²) in [7, 11) is 1.49. The maximum Gasteiger partial charge on any atom is 0.349 e. The van der Waals surface area contributed by atoms with Gasteiger partial charge < -0.3 is 29.4 Å². The number of nitrogens with zero attached hydrogens (tertiary/aromatic N) is 3. The Morgan fingerprint density at radius 3 is 2.78 bits per heavy atom. The van der Waals surface area contributed by atoms with E-state index in [1.807, 2.05) is 13.0 Å². The largest absolute Gasteiger partial charge is 0.493 e. The molecule has 2 N–H and O–H groups in total. The minimum Gasteiger partial charge on any atom is -0.493 e. The van der Waals surface area contributed by atoms with Gasteiger partial charge in [0.2, 0.25) is 0 Å². The number of aromatic nitrogens is 2. The van der Waals surface area contributed by atoms with Crippen molar-refractivity contribution in [3.8, 4) is 5.75 Å². The zero-order valence-electron chi connectivity index (χ0n) is 18.0. The fourth-order valence-corrected chi connectivity index (χ4v) is 3.50. The highest BCUT2D eigenvalue weighted by Gasteiger charge is 2.16. The van der Waals surface area contributed by atoms with E-state index in [1.165, 1.54) is 13.2 Å². The Kier molecular flexibility index (Phi) is 6.50. The van der Waals surface area contributed by atoms with Gasteiger partial charge in [-0.05, 0) is 19.1 Å². The number of aryl methyl sites for hydroxylation is 1. The number of hydrogen-bond donors (Lipinski definition) is 2. The molecule has 3 heterocycles. The summed E-state index contributed by atoms with van der Waals surface area (Å²) in [5, 5.41) is 6.53. The van der Waals surface area contributed by atoms with Gasteiger partial charge in [0.1, 0.15) is 23.0 Å². The number of hydrogen-bond acceptors (Lipinski definition) is 9. The van der Waals surface area contributed by atoms with Gasteiger partial charge >= 0.3 is 5.63 Å². The molecule has 0 spiro atoms. The molecule has 3 aromatic rings. The molecule has 0 unspecified atom stereocenters. The van der Waals surface area contributed by atoms with Crippen LogP contribution in [0.2, 0.25) is 0 Å². The summed E-state index contributed by atoms with van der Waals surface area (Å²) in [5.74, 6) is 2.11. The lowest BCUT2D eigenvalue weighted by atomic mass is 10.1. The topological polar surface area (TPSA) is 119 Å². The molecular weight excluding hydrogens is 414 g/mol. The third kappa shape index (κ3) is 4.80. The van der Waals surface area contributed by atoms with Crippen LogP contribution in [0.1, 0.15) is 16.2 Å². The predicted octanol–water partition coefficient (Wildman–Crippen LogP) is 1.58. The fourth-order valence-electron chi connectivity index (χ4n) is 3.50. The molecule has 10 heteroatoms. The first kappa shape index (κ1) is 21.6. The molecule has 1 saturated heterocycles. The van der Waals surface area contributed by atoms with Crippen LogP contribution in [0.4, 0.5) is 11.6 Å². The highest BCUT2D eigenvalue weighted by atomic mass is 16.5. The van der Waals surface area contributed by atoms with E-state index in [1.54, 1.807) is 18.2 Å². The molecule has 0 radical (unpaired) electrons. The number of carbonyl (C=O) groups is 1. The van der Waals surface area contributed by atoms with Gasteiger partial charge in [0.15, 0.2) is 11.3 Å². The van der Waals surface area contributed by atoms with Crippen LogP contribution in [-0.4, -0.2) is 62.4 Å². The van der Waals surface area contributed by atoms with E-state index in [2.05, 4.69) is 25.5 Å². The predicted molar refractivity (Wildman–Crippen MR) is 120 cm³/mol. The van der Waals surface area contributed by atoms with Crippen LogP contribution < -0.4 is 25.9 Å². The lowest BCUT2D eigenvalue weighted by Crippen LogP contribution is -2.37. The molecule has 0 saturated carbocycles. The van der Waals surface area contributed by atoms with E-state index >= 15 is 0 Å². The van der Waals surface area contributed by atoms with Crippen molar-refractivity contribution in [3.63, 3.8) is 0 Å². The Balaban J connectivity index is 1.37. The Labute approximate surface area is 184 Å². The average Bonchev–Trinajstić information content (AvgIpc) is 2.81. The summed E-state index contributed by atoms with van der Waals surface area (Å²) >= 11 is 0. The van der Waals surface area contributed by atoms with Crippen molar-refractivity contribution in [1.82, 2.24) is 15.3 Å². The van der Waals surface area contributed by atoms with Gasteiger partial charge in [-0.15, -0.1) is 0 Å². The van der Waals surface area contributed by atoms with E-state index in [4.69, 9.17) is 13.9 Å². The van der Waals surface area contributed by atoms with Gasteiger partial charge in [-0.3, -0.25) is 4.79 Å². The number of nitrogens with one attached hydrogen (secondary N) is 2. The minimum absolute atomic E-state index is 0.0572. The normalized spacial score (nSPS) is 13.8. The smallest absolute Gasteiger partial charge is 0.349 e. The highest BCUT2D eigenvalue weighted by molar-refractivity contribution is 5.97. The number of ether oxygens (including phenoxy) is 2. The number of fused-ring (bicyclic) bond motifs is 1. The first-order chi connectivity index (χ1) is 15.5. The number of morpholine rings is 1. The third-order valence-corrected chi connectivity index (χ3v) is 5.06. The summed E-state index contributed by atoms with van der Waals surface area (Å²) in [6.07, 6.45) is 0. The summed E-state index contributed by atoms with van der Waals surface area (Å²) in [6.45, 7) is 5.48. The zero-order chi connectivity index (χ0) is 22.5. The fraction of sp³-hybridized carbons (Fsp3) is 0.364. The molecule has 32 heavy (non-hydrogen) atoms. The molecule has 0 aliphatic carbocycles. The van der Waals surface area contributed by atoms with Gasteiger partial charge in [0.05, 0.1) is 20.3 Å². The van der Waals surface area contributed by atoms with Crippen molar-refractivity contribution in [2.75, 3.05) is 56.7 Å². The van der Waals surface area contributed by atoms with Gasteiger partial charge in [-0.25, -0.2) is 14.8 Å². The quantitative estimate of drug-likeness (QED) is 0.418. The van der Waals surface area contributed by atoms with Crippen LogP contribution in [0, 0.1) is 6.92 Å². The monoisotopic (exact) mass is 439 g/mol. The van der Waals surface area contributed by atoms with Crippen LogP contribution in [0.3, 0.4) is 0 Å². The first-order valence-electron chi connectivity index (χ1n) is 10.4. The summed E-state index contributed by atoms with van der Waals surface area (Å²) in [5.41, 5.74) is -0.458. The van der Waals surface area contributed by atoms with E-state index < -0.39 is 11.5 Å². The molecule has 0 atom stereocenters. The van der Waals surface area contributed by atoms with Gasteiger partial charge in [-0.1, -0.05) is 12.1 Å². The number of benzene rings is 1. The Hall–Kier alpha value is -3.66. The van der Waals surface area contributed by atoms with Crippen molar-refractivity contribution >= 4 is 28.5 Å². The van der Waals surface area contributed by atoms with Crippen molar-refractivity contribution in [3.05, 3.63) is 52.1 Å². The second kappa shape index (κ2) is 9.65. The summed E-state index contributed by atoms with van der Waals surface area (Å²) < 4.78 is 15.9. The number of anilines is 2. The maximum absolute atomic E-state index is 12.5. The number of rotatable bonds is 7. The SMILES string of the molecule is COc1cccc2cc(C(=O)NCCNc3cc(N4CCOCC4)nc(C)n3)c(=O)oc12. The standard InChI is InChI=1S/C22H25N5O5/c1-14-25-18(13-19(26-14)27-8-10-31-11-9-27)23-6-7-24-21(28)16-12-15-4-3-5-17(30-2)20(15)32-22(16)29/h3-5,12-13H,6-11H2,1-2H3,(H,24,28)(H,23,25,26). The van der Waals surface area contributed by atoms with E-state index in [0.29, 0.717) is 54.7 Å². The Bertz CT molecular complexity index is 1170. The molecule has 1 fully saturated rings. The first-order valence-corrected chi connectivity index (χ1v) is 10.4. The van der Waals surface area contributed by atoms with Crippen LogP contribution in [0.15, 0.2) is 39.5 Å². The number of para-hydroxylation sites is 1. The lowest BCUT2D eigenvalue weighted by molar-refractivity contribution is 0.0951. The molecule has 0 bridgehead atoms. The minimum atomic E-state index is -0.714. The number of methoxy groups -OCH3 is 1. The third-order valence-electron chi connectivity index (χ3n) is 5.06. The number of carbonyl (C=O) groups excluding carboxylic acids is 1. The zero-order valence-corrected chi connectivity index (χ0v) is 18.0. The van der Waals surface area contributed by atoms with Crippen molar-refractivity contribution in [1.29, 1.82) is 0 Å². The van der Waals surface area contributed by atoms with E-state index in [0.717, 1.165) is 18.9 Å². The van der Waals surface area contributed by atoms with Gasteiger partial charge in [0.25, 0.3) is 5.91 Å². The van der Waals surface area contributed by atoms with Crippen molar-refractivity contribution in [2.24, 2.45) is 0 Å². The molecule has 1 amide bonds. The summed E-state index contributed by atoms with van der Waals surface area (Å²) in [6, 6.07) is 8.60. The Morgan fingerprint density at radius 2 is 2.00 bits per heavy atom. The molecule has 2 aromatic heterocycles. The molecule has 10 nitrogen and oxygen atoms in total. The lowest BCUT2D eigenvalue weighted by Gasteiger charge is -2.28. The molecule has 168 valence electrons. The maximum atomic E-state index is 12.5. The second-order valence-electron chi connectivity index (χ2n) is 7.27. The van der Waals surface area contributed by atoms with Crippen LogP contribution >= 0.6 is 0 Å². The second-order valence-corrected chi connectivity index (χ2v) is 7.27. The molecule has 4 rings (SSSR count). The van der Waals surface area contributed by atoms with Crippen LogP contribution in [0.25, 0.3) is 11.0 Å². The van der Waals surface area contributed by atoms with Crippen molar-refractivity contribution < 1.29 is 18.7 Å². The van der Waals surface area contributed by atoms with Crippen molar-refractivity contribution in [2.45, 2.75) is 6.92 Å². The van der Waals surface area contributed by atoms with Crippen LogP contribution in [-0.2, 0) is 4.74 Å². The van der Waals surface area contributed by atoms with Gasteiger partial charge in [0, 0.05) is 37.6 Å². The molecule has 1 aliphatic rings. The van der Waals surface area contributed by atoms with Gasteiger partial charge in [-0.2, -0.15) is 0 Å². The van der Waals surface area contributed by atoms with E-state index in [-0.39, 0.29) is 5.56 Å². The summed E-state index contributed by atoms with van der Waals surface area (Å²) in [4.78, 5) is 35.9. The highest BCUT2D eigenvalue weighted by Crippen LogP contribution is 2.24. The molecular formula is C22H25N5O5. The Morgan fingerprint density at radius 1 is 1.19 bits per heavy atom. The number of amides is 1. The molecule has 1 aromatic carbocycles.